The van der Waals surface area contributed by atoms with Crippen molar-refractivity contribution in [3.8, 4) is 17.2 Å². The van der Waals surface area contributed by atoms with E-state index in [1.165, 1.54) is 6.21 Å². The Bertz CT molecular complexity index is 816. The molecule has 144 valence electrons. The molecule has 2 aromatic rings. The first-order valence-corrected chi connectivity index (χ1v) is 8.76. The van der Waals surface area contributed by atoms with Crippen LogP contribution in [-0.4, -0.2) is 31.9 Å². The van der Waals surface area contributed by atoms with E-state index in [4.69, 9.17) is 14.2 Å². The smallest absolute Gasteiger partial charge is 0.277 e. The molecule has 0 heterocycles. The zero-order chi connectivity index (χ0) is 19.8. The largest absolute Gasteiger partial charge is 0.493 e. The normalized spacial score (nSPS) is 10.9. The van der Waals surface area contributed by atoms with Gasteiger partial charge in [0, 0.05) is 0 Å². The number of hydrazone groups is 1. The van der Waals surface area contributed by atoms with E-state index in [2.05, 4.69) is 10.5 Å². The van der Waals surface area contributed by atoms with Crippen LogP contribution < -0.4 is 19.6 Å². The van der Waals surface area contributed by atoms with Gasteiger partial charge in [0.2, 0.25) is 0 Å². The molecule has 0 aliphatic rings. The van der Waals surface area contributed by atoms with E-state index in [1.54, 1.807) is 13.2 Å². The van der Waals surface area contributed by atoms with E-state index in [9.17, 15) is 4.79 Å². The molecule has 0 radical (unpaired) electrons. The second-order valence-corrected chi connectivity index (χ2v) is 6.36. The maximum atomic E-state index is 11.9. The van der Waals surface area contributed by atoms with Gasteiger partial charge in [-0.1, -0.05) is 12.1 Å². The maximum absolute atomic E-state index is 11.9. The zero-order valence-electron chi connectivity index (χ0n) is 16.4. The topological polar surface area (TPSA) is 69.2 Å². The summed E-state index contributed by atoms with van der Waals surface area (Å²) in [6.07, 6.45) is 1.59. The monoisotopic (exact) mass is 370 g/mol. The highest BCUT2D eigenvalue weighted by atomic mass is 16.5. The molecule has 1 amide bonds. The molecular formula is C21H26N2O4. The number of aryl methyl sites for hydroxylation is 1. The van der Waals surface area contributed by atoms with Gasteiger partial charge in [0.15, 0.2) is 18.1 Å². The molecule has 27 heavy (non-hydrogen) atoms. The lowest BCUT2D eigenvalue weighted by atomic mass is 10.1. The van der Waals surface area contributed by atoms with Gasteiger partial charge in [-0.2, -0.15) is 5.10 Å². The molecule has 2 rings (SSSR count). The van der Waals surface area contributed by atoms with E-state index in [1.807, 2.05) is 58.0 Å². The summed E-state index contributed by atoms with van der Waals surface area (Å²) in [6, 6.07) is 11.2. The van der Waals surface area contributed by atoms with Crippen LogP contribution in [0.15, 0.2) is 41.5 Å². The second kappa shape index (κ2) is 9.62. The number of carbonyl (C=O) groups excluding carboxylic acids is 1. The summed E-state index contributed by atoms with van der Waals surface area (Å²) in [7, 11) is 1.58. The lowest BCUT2D eigenvalue weighted by Gasteiger charge is -2.13. The van der Waals surface area contributed by atoms with Gasteiger partial charge in [-0.05, 0) is 68.7 Å². The van der Waals surface area contributed by atoms with Gasteiger partial charge in [0.05, 0.1) is 19.4 Å². The van der Waals surface area contributed by atoms with Gasteiger partial charge in [0.1, 0.15) is 5.75 Å². The molecule has 6 heteroatoms. The number of nitrogens with zero attached hydrogens (tertiary/aromatic N) is 1. The van der Waals surface area contributed by atoms with Crippen molar-refractivity contribution in [2.45, 2.75) is 33.8 Å². The summed E-state index contributed by atoms with van der Waals surface area (Å²) in [5.74, 6) is 1.63. The summed E-state index contributed by atoms with van der Waals surface area (Å²) in [5, 5.41) is 3.96. The van der Waals surface area contributed by atoms with Crippen molar-refractivity contribution in [2.24, 2.45) is 5.10 Å². The van der Waals surface area contributed by atoms with E-state index in [0.29, 0.717) is 17.2 Å². The Labute approximate surface area is 160 Å². The second-order valence-electron chi connectivity index (χ2n) is 6.36. The van der Waals surface area contributed by atoms with Gasteiger partial charge >= 0.3 is 0 Å². The molecule has 0 aliphatic heterocycles. The Morgan fingerprint density at radius 2 is 1.93 bits per heavy atom. The number of methoxy groups -OCH3 is 1. The molecule has 0 saturated carbocycles. The van der Waals surface area contributed by atoms with Crippen molar-refractivity contribution in [3.05, 3.63) is 53.1 Å². The molecule has 0 fully saturated rings. The Morgan fingerprint density at radius 3 is 2.63 bits per heavy atom. The summed E-state index contributed by atoms with van der Waals surface area (Å²) < 4.78 is 16.5. The maximum Gasteiger partial charge on any atom is 0.277 e. The minimum atomic E-state index is -0.334. The van der Waals surface area contributed by atoms with Crippen LogP contribution >= 0.6 is 0 Å². The highest BCUT2D eigenvalue weighted by Crippen LogP contribution is 2.28. The van der Waals surface area contributed by atoms with Crippen molar-refractivity contribution < 1.29 is 19.0 Å². The molecule has 0 atom stereocenters. The van der Waals surface area contributed by atoms with Crippen LogP contribution in [0.2, 0.25) is 0 Å². The van der Waals surface area contributed by atoms with Gasteiger partial charge in [-0.3, -0.25) is 4.79 Å². The van der Waals surface area contributed by atoms with Crippen molar-refractivity contribution in [1.29, 1.82) is 0 Å². The standard InChI is InChI=1S/C21H26N2O4/c1-14(2)27-19-10-9-17(11-20(19)25-5)12-22-23-21(24)13-26-18-8-6-7-15(3)16(18)4/h6-12,14H,13H2,1-5H3,(H,23,24)/b22-12+. The Kier molecular flexibility index (Phi) is 7.23. The number of rotatable bonds is 8. The molecule has 6 nitrogen and oxygen atoms in total. The summed E-state index contributed by atoms with van der Waals surface area (Å²) in [6.45, 7) is 7.75. The quantitative estimate of drug-likeness (QED) is 0.569. The Balaban J connectivity index is 1.90. The van der Waals surface area contributed by atoms with E-state index in [0.717, 1.165) is 16.7 Å². The molecule has 0 aromatic heterocycles. The third-order valence-electron chi connectivity index (χ3n) is 3.87. The Hall–Kier alpha value is -3.02. The highest BCUT2D eigenvalue weighted by Gasteiger charge is 2.07. The predicted molar refractivity (Wildman–Crippen MR) is 106 cm³/mol. The summed E-state index contributed by atoms with van der Waals surface area (Å²) >= 11 is 0. The molecule has 0 spiro atoms. The first-order chi connectivity index (χ1) is 12.9. The van der Waals surface area contributed by atoms with Crippen LogP contribution in [0, 0.1) is 13.8 Å². The number of nitrogens with one attached hydrogen (secondary N) is 1. The van der Waals surface area contributed by atoms with Crippen molar-refractivity contribution in [3.63, 3.8) is 0 Å². The van der Waals surface area contributed by atoms with Gasteiger partial charge in [-0.25, -0.2) is 5.43 Å². The van der Waals surface area contributed by atoms with E-state index >= 15 is 0 Å². The fourth-order valence-electron chi connectivity index (χ4n) is 2.35. The Morgan fingerprint density at radius 1 is 1.15 bits per heavy atom. The van der Waals surface area contributed by atoms with Gasteiger partial charge < -0.3 is 14.2 Å². The number of hydrogen-bond acceptors (Lipinski definition) is 5. The molecular weight excluding hydrogens is 344 g/mol. The summed E-state index contributed by atoms with van der Waals surface area (Å²) in [5.41, 5.74) is 5.36. The number of benzene rings is 2. The van der Waals surface area contributed by atoms with Crippen molar-refractivity contribution in [1.82, 2.24) is 5.43 Å². The van der Waals surface area contributed by atoms with Crippen LogP contribution in [0.5, 0.6) is 17.2 Å². The minimum absolute atomic E-state index is 0.0507. The zero-order valence-corrected chi connectivity index (χ0v) is 16.4. The first kappa shape index (κ1) is 20.3. The van der Waals surface area contributed by atoms with Gasteiger partial charge in [0.25, 0.3) is 5.91 Å². The number of hydrogen-bond donors (Lipinski definition) is 1. The molecule has 0 saturated heterocycles. The third-order valence-corrected chi connectivity index (χ3v) is 3.87. The molecule has 0 aliphatic carbocycles. The SMILES string of the molecule is COc1cc(/C=N/NC(=O)COc2cccc(C)c2C)ccc1OC(C)C. The molecule has 0 unspecified atom stereocenters. The van der Waals surface area contributed by atoms with E-state index in [-0.39, 0.29) is 18.6 Å². The molecule has 1 N–H and O–H groups in total. The summed E-state index contributed by atoms with van der Waals surface area (Å²) in [4.78, 5) is 11.9. The van der Waals surface area contributed by atoms with Crippen LogP contribution in [0.25, 0.3) is 0 Å². The van der Waals surface area contributed by atoms with E-state index < -0.39 is 0 Å². The van der Waals surface area contributed by atoms with Gasteiger partial charge in [-0.15, -0.1) is 0 Å². The van der Waals surface area contributed by atoms with Crippen LogP contribution in [0.3, 0.4) is 0 Å². The van der Waals surface area contributed by atoms with Crippen LogP contribution in [0.4, 0.5) is 0 Å². The van der Waals surface area contributed by atoms with Crippen LogP contribution in [-0.2, 0) is 4.79 Å². The minimum Gasteiger partial charge on any atom is -0.493 e. The number of carbonyl (C=O) groups is 1. The highest BCUT2D eigenvalue weighted by molar-refractivity contribution is 5.83. The average molecular weight is 370 g/mol. The average Bonchev–Trinajstić information content (AvgIpc) is 2.63. The lowest BCUT2D eigenvalue weighted by molar-refractivity contribution is -0.123. The lowest BCUT2D eigenvalue weighted by Crippen LogP contribution is -2.24. The third kappa shape index (κ3) is 6.02. The van der Waals surface area contributed by atoms with Crippen molar-refractivity contribution in [2.75, 3.05) is 13.7 Å². The number of ether oxygens (including phenoxy) is 3. The fourth-order valence-corrected chi connectivity index (χ4v) is 2.35. The predicted octanol–water partition coefficient (Wildman–Crippen LogP) is 3.63. The fraction of sp³-hybridized carbons (Fsp3) is 0.333. The van der Waals surface area contributed by atoms with Crippen molar-refractivity contribution >= 4 is 12.1 Å². The first-order valence-electron chi connectivity index (χ1n) is 8.76. The number of amides is 1. The molecule has 2 aromatic carbocycles. The molecule has 0 bridgehead atoms. The van der Waals surface area contributed by atoms with Crippen LogP contribution in [0.1, 0.15) is 30.5 Å².